The Morgan fingerprint density at radius 1 is 1.47 bits per heavy atom. The summed E-state index contributed by atoms with van der Waals surface area (Å²) >= 11 is 1.22. The van der Waals surface area contributed by atoms with Crippen molar-refractivity contribution in [3.63, 3.8) is 0 Å². The van der Waals surface area contributed by atoms with Crippen molar-refractivity contribution in [1.29, 1.82) is 5.26 Å². The summed E-state index contributed by atoms with van der Waals surface area (Å²) < 4.78 is 4.76. The first kappa shape index (κ1) is 13.1. The number of rotatable bonds is 5. The van der Waals surface area contributed by atoms with Crippen LogP contribution in [0.4, 0.5) is 0 Å². The van der Waals surface area contributed by atoms with E-state index >= 15 is 0 Å². The molecule has 1 aromatic rings. The molecule has 0 amide bonds. The average molecular weight is 245 g/mol. The van der Waals surface area contributed by atoms with Crippen molar-refractivity contribution in [2.45, 2.75) is 4.90 Å². The molecule has 3 nitrogen and oxygen atoms in total. The Bertz CT molecular complexity index is 460. The number of hydrogen-bond donors (Lipinski definition) is 0. The zero-order valence-corrected chi connectivity index (χ0v) is 9.94. The second kappa shape index (κ2) is 7.31. The van der Waals surface area contributed by atoms with Crippen LogP contribution < -0.4 is 0 Å². The molecule has 1 aromatic carbocycles. The van der Waals surface area contributed by atoms with Gasteiger partial charge in [0.1, 0.15) is 12.7 Å². The lowest BCUT2D eigenvalue weighted by molar-refractivity contribution is -0.136. The van der Waals surface area contributed by atoms with Gasteiger partial charge in [0, 0.05) is 11.0 Å². The molecule has 17 heavy (non-hydrogen) atoms. The molecular formula is C13H11NO2S. The number of carbonyl (C=O) groups excluding carboxylic acids is 1. The molecule has 0 radical (unpaired) electrons. The van der Waals surface area contributed by atoms with E-state index < -0.39 is 5.97 Å². The van der Waals surface area contributed by atoms with Gasteiger partial charge in [0.15, 0.2) is 0 Å². The molecule has 0 aliphatic rings. The van der Waals surface area contributed by atoms with Crippen LogP contribution in [0.5, 0.6) is 0 Å². The average Bonchev–Trinajstić information content (AvgIpc) is 2.36. The number of thioether (sulfide) groups is 1. The van der Waals surface area contributed by atoms with Crippen molar-refractivity contribution in [2.24, 2.45) is 0 Å². The van der Waals surface area contributed by atoms with E-state index in [0.29, 0.717) is 4.91 Å². The lowest BCUT2D eigenvalue weighted by Gasteiger charge is -1.99. The number of allylic oxidation sites excluding steroid dienone is 1. The topological polar surface area (TPSA) is 50.1 Å². The molecule has 86 valence electrons. The van der Waals surface area contributed by atoms with Gasteiger partial charge in [0.25, 0.3) is 0 Å². The highest BCUT2D eigenvalue weighted by Gasteiger charge is 2.04. The molecule has 1 rings (SSSR count). The van der Waals surface area contributed by atoms with Crippen LogP contribution in [0.2, 0.25) is 0 Å². The standard InChI is InChI=1S/C13H11NO2S/c1-2-8-16-13(15)9-12(10-14)17-11-6-4-3-5-7-11/h2-7,9H,1,8H2/b12-9+. The molecule has 0 aliphatic heterocycles. The van der Waals surface area contributed by atoms with Gasteiger partial charge in [0.2, 0.25) is 0 Å². The molecule has 0 heterocycles. The number of hydrogen-bond acceptors (Lipinski definition) is 4. The molecule has 0 atom stereocenters. The first-order valence-corrected chi connectivity index (χ1v) is 5.70. The van der Waals surface area contributed by atoms with Gasteiger partial charge >= 0.3 is 5.97 Å². The minimum absolute atomic E-state index is 0.143. The number of esters is 1. The SMILES string of the molecule is C=CCOC(=O)/C=C(\C#N)Sc1ccccc1. The Balaban J connectivity index is 2.66. The molecule has 0 aromatic heterocycles. The molecule has 0 N–H and O–H groups in total. The van der Waals surface area contributed by atoms with Crippen molar-refractivity contribution in [3.05, 3.63) is 54.0 Å². The van der Waals surface area contributed by atoms with E-state index in [-0.39, 0.29) is 6.61 Å². The summed E-state index contributed by atoms with van der Waals surface area (Å²) in [6.45, 7) is 3.57. The van der Waals surface area contributed by atoms with Gasteiger partial charge in [-0.3, -0.25) is 0 Å². The Kier molecular flexibility index (Phi) is 5.62. The Morgan fingerprint density at radius 3 is 2.76 bits per heavy atom. The molecule has 0 unspecified atom stereocenters. The largest absolute Gasteiger partial charge is 0.458 e. The van der Waals surface area contributed by atoms with Crippen LogP contribution >= 0.6 is 11.8 Å². The Morgan fingerprint density at radius 2 is 2.18 bits per heavy atom. The summed E-state index contributed by atoms with van der Waals surface area (Å²) in [5, 5.41) is 8.89. The van der Waals surface area contributed by atoms with Crippen molar-refractivity contribution in [3.8, 4) is 6.07 Å². The van der Waals surface area contributed by atoms with Crippen LogP contribution in [-0.2, 0) is 9.53 Å². The van der Waals surface area contributed by atoms with Crippen LogP contribution in [0.25, 0.3) is 0 Å². The maximum atomic E-state index is 11.3. The zero-order valence-electron chi connectivity index (χ0n) is 9.13. The van der Waals surface area contributed by atoms with Crippen LogP contribution in [0.3, 0.4) is 0 Å². The quantitative estimate of drug-likeness (QED) is 0.263. The highest BCUT2D eigenvalue weighted by molar-refractivity contribution is 8.03. The van der Waals surface area contributed by atoms with Gasteiger partial charge in [-0.05, 0) is 12.1 Å². The zero-order chi connectivity index (χ0) is 12.5. The monoisotopic (exact) mass is 245 g/mol. The van der Waals surface area contributed by atoms with Crippen LogP contribution in [0, 0.1) is 11.3 Å². The summed E-state index contributed by atoms with van der Waals surface area (Å²) in [6.07, 6.45) is 2.66. The predicted octanol–water partition coefficient (Wildman–Crippen LogP) is 2.92. The van der Waals surface area contributed by atoms with Crippen molar-refractivity contribution < 1.29 is 9.53 Å². The van der Waals surface area contributed by atoms with Gasteiger partial charge in [0.05, 0.1) is 4.91 Å². The molecule has 4 heteroatoms. The van der Waals surface area contributed by atoms with Crippen LogP contribution in [-0.4, -0.2) is 12.6 Å². The molecular weight excluding hydrogens is 234 g/mol. The molecule has 0 fully saturated rings. The fourth-order valence-corrected chi connectivity index (χ4v) is 1.74. The van der Waals surface area contributed by atoms with E-state index in [1.807, 2.05) is 36.4 Å². The van der Waals surface area contributed by atoms with E-state index in [4.69, 9.17) is 10.00 Å². The van der Waals surface area contributed by atoms with Crippen LogP contribution in [0.1, 0.15) is 0 Å². The third-order valence-corrected chi connectivity index (χ3v) is 2.61. The maximum absolute atomic E-state index is 11.3. The summed E-state index contributed by atoms with van der Waals surface area (Å²) in [7, 11) is 0. The third kappa shape index (κ3) is 5.05. The van der Waals surface area contributed by atoms with Crippen molar-refractivity contribution in [1.82, 2.24) is 0 Å². The van der Waals surface area contributed by atoms with Gasteiger partial charge < -0.3 is 4.74 Å². The summed E-state index contributed by atoms with van der Waals surface area (Å²) in [5.41, 5.74) is 0. The number of ether oxygens (including phenoxy) is 1. The van der Waals surface area contributed by atoms with Gasteiger partial charge in [-0.2, -0.15) is 5.26 Å². The smallest absolute Gasteiger partial charge is 0.332 e. The lowest BCUT2D eigenvalue weighted by atomic mass is 10.4. The molecule has 0 saturated heterocycles. The van der Waals surface area contributed by atoms with E-state index in [2.05, 4.69) is 6.58 Å². The molecule has 0 aliphatic carbocycles. The van der Waals surface area contributed by atoms with Gasteiger partial charge in [-0.15, -0.1) is 0 Å². The second-order valence-electron chi connectivity index (χ2n) is 2.95. The second-order valence-corrected chi connectivity index (χ2v) is 4.07. The lowest BCUT2D eigenvalue weighted by Crippen LogP contribution is -2.00. The third-order valence-electron chi connectivity index (χ3n) is 1.67. The first-order valence-electron chi connectivity index (χ1n) is 4.88. The van der Waals surface area contributed by atoms with Crippen molar-refractivity contribution in [2.75, 3.05) is 6.61 Å². The fraction of sp³-hybridized carbons (Fsp3) is 0.0769. The van der Waals surface area contributed by atoms with E-state index in [0.717, 1.165) is 4.90 Å². The highest BCUT2D eigenvalue weighted by Crippen LogP contribution is 2.25. The summed E-state index contributed by atoms with van der Waals surface area (Å²) in [5.74, 6) is -0.537. The summed E-state index contributed by atoms with van der Waals surface area (Å²) in [6, 6.07) is 11.3. The van der Waals surface area contributed by atoms with Crippen molar-refractivity contribution >= 4 is 17.7 Å². The molecule has 0 spiro atoms. The normalized spacial score (nSPS) is 10.4. The van der Waals surface area contributed by atoms with E-state index in [1.165, 1.54) is 23.9 Å². The number of benzene rings is 1. The highest BCUT2D eigenvalue weighted by atomic mass is 32.2. The van der Waals surface area contributed by atoms with Gasteiger partial charge in [-0.1, -0.05) is 42.6 Å². The Hall–Kier alpha value is -1.99. The fourth-order valence-electron chi connectivity index (χ4n) is 0.990. The van der Waals surface area contributed by atoms with Crippen LogP contribution in [0.15, 0.2) is 58.9 Å². The Labute approximate surface area is 104 Å². The summed E-state index contributed by atoms with van der Waals surface area (Å²) in [4.78, 5) is 12.4. The minimum atomic E-state index is -0.537. The first-order chi connectivity index (χ1) is 8.26. The van der Waals surface area contributed by atoms with E-state index in [1.54, 1.807) is 0 Å². The minimum Gasteiger partial charge on any atom is -0.458 e. The maximum Gasteiger partial charge on any atom is 0.332 e. The van der Waals surface area contributed by atoms with Gasteiger partial charge in [-0.25, -0.2) is 4.79 Å². The predicted molar refractivity (Wildman–Crippen MR) is 67.2 cm³/mol. The molecule has 0 saturated carbocycles. The molecule has 0 bridgehead atoms. The number of carbonyl (C=O) groups is 1. The number of nitrogens with zero attached hydrogens (tertiary/aromatic N) is 1. The van der Waals surface area contributed by atoms with E-state index in [9.17, 15) is 4.79 Å². The number of nitriles is 1.